The van der Waals surface area contributed by atoms with Crippen LogP contribution in [0.1, 0.15) is 45.3 Å². The van der Waals surface area contributed by atoms with Gasteiger partial charge in [-0.15, -0.1) is 0 Å². The SMILES string of the molecule is CCNC(=O)[C@@H]1CC[C@H](n2cnc3c(NC(=O)Nc4ccc(S(=O)(=O)N5CCCCC5)cc4)ncnc32)O1. The minimum absolute atomic E-state index is 0.148. The predicted octanol–water partition coefficient (Wildman–Crippen LogP) is 2.46. The van der Waals surface area contributed by atoms with Crippen LogP contribution in [0.25, 0.3) is 11.2 Å². The van der Waals surface area contributed by atoms with Gasteiger partial charge >= 0.3 is 6.03 Å². The van der Waals surface area contributed by atoms with Crippen molar-refractivity contribution in [3.05, 3.63) is 36.9 Å². The molecule has 5 rings (SSSR count). The van der Waals surface area contributed by atoms with Crippen molar-refractivity contribution in [2.24, 2.45) is 0 Å². The van der Waals surface area contributed by atoms with Crippen LogP contribution in [0.3, 0.4) is 0 Å². The Morgan fingerprint density at radius 3 is 2.53 bits per heavy atom. The van der Waals surface area contributed by atoms with Crippen LogP contribution in [-0.2, 0) is 19.6 Å². The first-order valence-electron chi connectivity index (χ1n) is 12.7. The van der Waals surface area contributed by atoms with Crippen molar-refractivity contribution in [3.63, 3.8) is 0 Å². The average Bonchev–Trinajstić information content (AvgIpc) is 3.58. The number of carbonyl (C=O) groups is 2. The van der Waals surface area contributed by atoms with Gasteiger partial charge in [-0.05, 0) is 56.9 Å². The number of carbonyl (C=O) groups excluding carboxylic acids is 2. The molecule has 3 aromatic rings. The molecule has 0 spiro atoms. The van der Waals surface area contributed by atoms with Gasteiger partial charge in [0.25, 0.3) is 0 Å². The van der Waals surface area contributed by atoms with Crippen LogP contribution >= 0.6 is 0 Å². The van der Waals surface area contributed by atoms with E-state index in [0.29, 0.717) is 49.3 Å². The third kappa shape index (κ3) is 5.33. The molecule has 14 heteroatoms. The quantitative estimate of drug-likeness (QED) is 0.410. The van der Waals surface area contributed by atoms with Crippen LogP contribution in [-0.4, -0.2) is 69.9 Å². The van der Waals surface area contributed by atoms with Crippen LogP contribution in [0, 0.1) is 0 Å². The molecule has 2 fully saturated rings. The van der Waals surface area contributed by atoms with Crippen molar-refractivity contribution >= 4 is 44.6 Å². The number of ether oxygens (including phenoxy) is 1. The predicted molar refractivity (Wildman–Crippen MR) is 139 cm³/mol. The third-order valence-electron chi connectivity index (χ3n) is 6.61. The normalized spacial score (nSPS) is 20.3. The fourth-order valence-corrected chi connectivity index (χ4v) is 6.21. The number of nitrogens with zero attached hydrogens (tertiary/aromatic N) is 5. The first-order chi connectivity index (χ1) is 18.4. The van der Waals surface area contributed by atoms with E-state index in [1.807, 2.05) is 6.92 Å². The summed E-state index contributed by atoms with van der Waals surface area (Å²) in [6, 6.07) is 5.49. The van der Waals surface area contributed by atoms with Crippen molar-refractivity contribution in [3.8, 4) is 0 Å². The number of rotatable bonds is 7. The van der Waals surface area contributed by atoms with E-state index >= 15 is 0 Å². The van der Waals surface area contributed by atoms with Crippen LogP contribution in [0.5, 0.6) is 0 Å². The molecule has 2 saturated heterocycles. The van der Waals surface area contributed by atoms with Gasteiger partial charge in [0.2, 0.25) is 15.9 Å². The average molecular weight is 543 g/mol. The van der Waals surface area contributed by atoms with E-state index in [1.165, 1.54) is 22.8 Å². The van der Waals surface area contributed by atoms with Gasteiger partial charge in [-0.2, -0.15) is 4.31 Å². The highest BCUT2D eigenvalue weighted by Crippen LogP contribution is 2.31. The Morgan fingerprint density at radius 2 is 1.79 bits per heavy atom. The molecule has 0 radical (unpaired) electrons. The zero-order chi connectivity index (χ0) is 26.7. The van der Waals surface area contributed by atoms with Crippen molar-refractivity contribution < 1.29 is 22.7 Å². The fourth-order valence-electron chi connectivity index (χ4n) is 4.69. The maximum atomic E-state index is 12.8. The molecule has 4 heterocycles. The molecule has 0 saturated carbocycles. The Bertz CT molecular complexity index is 1420. The molecule has 38 heavy (non-hydrogen) atoms. The molecule has 13 nitrogen and oxygen atoms in total. The standard InChI is InChI=1S/C24H30N8O5S/c1-2-25-23(33)18-10-11-19(37-18)32-15-28-20-21(26-14-27-22(20)32)30-24(34)29-16-6-8-17(9-7-16)38(35,36)31-12-4-3-5-13-31/h6-9,14-15,18-19H,2-5,10-13H2,1H3,(H,25,33)(H2,26,27,29,30,34)/t18-,19+/m0/s1. The second-order valence-electron chi connectivity index (χ2n) is 9.17. The number of nitrogens with one attached hydrogen (secondary N) is 3. The highest BCUT2D eigenvalue weighted by atomic mass is 32.2. The van der Waals surface area contributed by atoms with Gasteiger partial charge in [0, 0.05) is 25.3 Å². The molecule has 0 bridgehead atoms. The summed E-state index contributed by atoms with van der Waals surface area (Å²) in [4.78, 5) is 37.8. The van der Waals surface area contributed by atoms with Crippen molar-refractivity contribution in [2.75, 3.05) is 30.3 Å². The van der Waals surface area contributed by atoms with E-state index in [1.54, 1.807) is 23.0 Å². The van der Waals surface area contributed by atoms with Crippen LogP contribution in [0.2, 0.25) is 0 Å². The van der Waals surface area contributed by atoms with E-state index in [4.69, 9.17) is 4.74 Å². The lowest BCUT2D eigenvalue weighted by Gasteiger charge is -2.25. The summed E-state index contributed by atoms with van der Waals surface area (Å²) in [5.41, 5.74) is 1.26. The topological polar surface area (TPSA) is 160 Å². The Labute approximate surface area is 220 Å². The first-order valence-corrected chi connectivity index (χ1v) is 14.1. The fraction of sp³-hybridized carbons (Fsp3) is 0.458. The lowest BCUT2D eigenvalue weighted by molar-refractivity contribution is -0.133. The number of urea groups is 1. The van der Waals surface area contributed by atoms with E-state index in [2.05, 4.69) is 30.9 Å². The van der Waals surface area contributed by atoms with Crippen LogP contribution < -0.4 is 16.0 Å². The van der Waals surface area contributed by atoms with Gasteiger partial charge in [-0.3, -0.25) is 14.7 Å². The second-order valence-corrected chi connectivity index (χ2v) is 11.1. The number of aromatic nitrogens is 4. The highest BCUT2D eigenvalue weighted by molar-refractivity contribution is 7.89. The number of amides is 3. The maximum absolute atomic E-state index is 12.8. The van der Waals surface area contributed by atoms with E-state index in [0.717, 1.165) is 19.3 Å². The molecular weight excluding hydrogens is 512 g/mol. The second kappa shape index (κ2) is 11.0. The number of hydrogen-bond donors (Lipinski definition) is 3. The molecule has 202 valence electrons. The lowest BCUT2D eigenvalue weighted by atomic mass is 10.2. The minimum atomic E-state index is -3.55. The molecule has 3 amide bonds. The molecule has 0 unspecified atom stereocenters. The number of likely N-dealkylation sites (N-methyl/N-ethyl adjacent to an activating group) is 1. The van der Waals surface area contributed by atoms with Gasteiger partial charge in [0.05, 0.1) is 11.2 Å². The summed E-state index contributed by atoms with van der Waals surface area (Å²) in [5, 5.41) is 8.12. The van der Waals surface area contributed by atoms with Crippen molar-refractivity contribution in [1.29, 1.82) is 0 Å². The molecule has 3 N–H and O–H groups in total. The zero-order valence-electron chi connectivity index (χ0n) is 21.0. The third-order valence-corrected chi connectivity index (χ3v) is 8.52. The summed E-state index contributed by atoms with van der Waals surface area (Å²) in [5.74, 6) is 0.0546. The molecule has 2 aromatic heterocycles. The summed E-state index contributed by atoms with van der Waals surface area (Å²) < 4.78 is 34.8. The molecule has 2 atom stereocenters. The van der Waals surface area contributed by atoms with Crippen molar-refractivity contribution in [1.82, 2.24) is 29.1 Å². The Hall–Kier alpha value is -3.62. The zero-order valence-corrected chi connectivity index (χ0v) is 21.8. The Morgan fingerprint density at radius 1 is 1.03 bits per heavy atom. The number of anilines is 2. The monoisotopic (exact) mass is 542 g/mol. The summed E-state index contributed by atoms with van der Waals surface area (Å²) >= 11 is 0. The number of imidazole rings is 1. The molecule has 1 aromatic carbocycles. The molecule has 0 aliphatic carbocycles. The van der Waals surface area contributed by atoms with Gasteiger partial charge < -0.3 is 15.4 Å². The maximum Gasteiger partial charge on any atom is 0.324 e. The van der Waals surface area contributed by atoms with Crippen molar-refractivity contribution in [2.45, 2.75) is 56.3 Å². The summed E-state index contributed by atoms with van der Waals surface area (Å²) in [6.07, 6.45) is 5.86. The first kappa shape index (κ1) is 26.0. The lowest BCUT2D eigenvalue weighted by Crippen LogP contribution is -2.35. The van der Waals surface area contributed by atoms with Crippen LogP contribution in [0.4, 0.5) is 16.3 Å². The summed E-state index contributed by atoms with van der Waals surface area (Å²) in [7, 11) is -3.55. The van der Waals surface area contributed by atoms with Gasteiger partial charge in [-0.1, -0.05) is 6.42 Å². The largest absolute Gasteiger partial charge is 0.354 e. The minimum Gasteiger partial charge on any atom is -0.354 e. The summed E-state index contributed by atoms with van der Waals surface area (Å²) in [6.45, 7) is 3.43. The Balaban J connectivity index is 1.24. The van der Waals surface area contributed by atoms with E-state index in [9.17, 15) is 18.0 Å². The Kier molecular flexibility index (Phi) is 7.53. The van der Waals surface area contributed by atoms with Gasteiger partial charge in [0.1, 0.15) is 18.7 Å². The number of sulfonamides is 1. The van der Waals surface area contributed by atoms with Gasteiger partial charge in [0.15, 0.2) is 17.0 Å². The molecular formula is C24H30N8O5S. The van der Waals surface area contributed by atoms with Crippen LogP contribution in [0.15, 0.2) is 41.8 Å². The number of benzene rings is 1. The highest BCUT2D eigenvalue weighted by Gasteiger charge is 2.32. The molecule has 2 aliphatic rings. The number of fused-ring (bicyclic) bond motifs is 1. The smallest absolute Gasteiger partial charge is 0.324 e. The van der Waals surface area contributed by atoms with E-state index in [-0.39, 0.29) is 16.6 Å². The number of piperidine rings is 1. The molecule has 2 aliphatic heterocycles. The van der Waals surface area contributed by atoms with E-state index < -0.39 is 28.4 Å². The number of hydrogen-bond acceptors (Lipinski definition) is 8. The van der Waals surface area contributed by atoms with Gasteiger partial charge in [-0.25, -0.2) is 28.2 Å².